The maximum atomic E-state index is 12.8. The Labute approximate surface area is 344 Å². The number of hydrogen-bond acceptors (Lipinski definition) is 5. The van der Waals surface area contributed by atoms with Crippen molar-refractivity contribution in [3.8, 4) is 0 Å². The lowest BCUT2D eigenvalue weighted by Gasteiger charge is -2.25. The zero-order chi connectivity index (χ0) is 41.4. The van der Waals surface area contributed by atoms with Crippen molar-refractivity contribution in [2.75, 3.05) is 40.9 Å². The van der Waals surface area contributed by atoms with Gasteiger partial charge in [0.15, 0.2) is 0 Å². The summed E-state index contributed by atoms with van der Waals surface area (Å²) in [5, 5.41) is 13.7. The second-order valence-electron chi connectivity index (χ2n) is 16.0. The molecule has 0 aliphatic heterocycles. The van der Waals surface area contributed by atoms with Crippen LogP contribution in [0.4, 0.5) is 0 Å². The number of aliphatic hydroxyl groups is 1. The summed E-state index contributed by atoms with van der Waals surface area (Å²) in [5.41, 5.74) is 0. The highest BCUT2D eigenvalue weighted by atomic mass is 31.2. The number of phosphoric acid groups is 1. The first-order valence-corrected chi connectivity index (χ1v) is 23.8. The van der Waals surface area contributed by atoms with Crippen LogP contribution in [0, 0.1) is 0 Å². The second kappa shape index (κ2) is 38.5. The molecule has 0 rings (SSSR count). The summed E-state index contributed by atoms with van der Waals surface area (Å²) in [6, 6.07) is -0.863. The van der Waals surface area contributed by atoms with Gasteiger partial charge in [0.25, 0.3) is 0 Å². The van der Waals surface area contributed by atoms with Gasteiger partial charge in [-0.2, -0.15) is 0 Å². The Balaban J connectivity index is 4.08. The molecule has 0 aromatic heterocycles. The lowest BCUT2D eigenvalue weighted by atomic mass is 10.0. The van der Waals surface area contributed by atoms with Gasteiger partial charge in [-0.3, -0.25) is 13.8 Å². The number of allylic oxidation sites excluding steroid dienone is 11. The topological polar surface area (TPSA) is 105 Å². The molecule has 0 aliphatic rings. The minimum Gasteiger partial charge on any atom is -0.387 e. The summed E-state index contributed by atoms with van der Waals surface area (Å²) in [4.78, 5) is 23.0. The molecule has 3 unspecified atom stereocenters. The van der Waals surface area contributed by atoms with Gasteiger partial charge in [0, 0.05) is 6.42 Å². The van der Waals surface area contributed by atoms with E-state index in [2.05, 4.69) is 79.9 Å². The molecule has 0 saturated carbocycles. The van der Waals surface area contributed by atoms with Crippen LogP contribution in [0.5, 0.6) is 0 Å². The molecule has 324 valence electrons. The average molecular weight is 806 g/mol. The highest BCUT2D eigenvalue weighted by Crippen LogP contribution is 2.43. The molecule has 1 amide bonds. The molecule has 3 atom stereocenters. The number of hydrogen-bond donors (Lipinski definition) is 3. The lowest BCUT2D eigenvalue weighted by Crippen LogP contribution is -2.45. The van der Waals surface area contributed by atoms with E-state index in [9.17, 15) is 19.4 Å². The molecule has 0 bridgehead atoms. The highest BCUT2D eigenvalue weighted by molar-refractivity contribution is 7.47. The Morgan fingerprint density at radius 2 is 1.09 bits per heavy atom. The van der Waals surface area contributed by atoms with Crippen LogP contribution in [-0.4, -0.2) is 73.4 Å². The van der Waals surface area contributed by atoms with Gasteiger partial charge in [-0.25, -0.2) is 4.57 Å². The van der Waals surface area contributed by atoms with Crippen LogP contribution in [0.25, 0.3) is 0 Å². The molecule has 3 N–H and O–H groups in total. The third-order valence-electron chi connectivity index (χ3n) is 9.39. The molecule has 56 heavy (non-hydrogen) atoms. The molecule has 0 aromatic carbocycles. The number of phosphoric ester groups is 1. The van der Waals surface area contributed by atoms with Crippen LogP contribution in [0.15, 0.2) is 72.9 Å². The van der Waals surface area contributed by atoms with Crippen molar-refractivity contribution >= 4 is 13.7 Å². The number of nitrogens with one attached hydrogen (secondary N) is 1. The zero-order valence-corrected chi connectivity index (χ0v) is 37.5. The Morgan fingerprint density at radius 3 is 1.62 bits per heavy atom. The fraction of sp³-hybridized carbons (Fsp3) is 0.723. The summed E-state index contributed by atoms with van der Waals surface area (Å²) in [5.74, 6) is -0.196. The van der Waals surface area contributed by atoms with Crippen LogP contribution in [0.1, 0.15) is 168 Å². The monoisotopic (exact) mass is 806 g/mol. The fourth-order valence-corrected chi connectivity index (χ4v) is 6.61. The van der Waals surface area contributed by atoms with Crippen LogP contribution in [0.3, 0.4) is 0 Å². The van der Waals surface area contributed by atoms with Crippen LogP contribution >= 0.6 is 7.82 Å². The van der Waals surface area contributed by atoms with E-state index in [0.717, 1.165) is 70.6 Å². The average Bonchev–Trinajstić information content (AvgIpc) is 3.15. The van der Waals surface area contributed by atoms with Gasteiger partial charge in [0.05, 0.1) is 39.9 Å². The van der Waals surface area contributed by atoms with Gasteiger partial charge in [-0.15, -0.1) is 0 Å². The largest absolute Gasteiger partial charge is 0.472 e. The Hall–Kier alpha value is -2.06. The van der Waals surface area contributed by atoms with Crippen LogP contribution in [0.2, 0.25) is 0 Å². The third-order valence-corrected chi connectivity index (χ3v) is 10.4. The van der Waals surface area contributed by atoms with Crippen molar-refractivity contribution in [1.82, 2.24) is 5.32 Å². The third kappa shape index (κ3) is 40.1. The number of carbonyl (C=O) groups is 1. The molecule has 0 saturated heterocycles. The summed E-state index contributed by atoms with van der Waals surface area (Å²) in [6.07, 6.45) is 51.6. The van der Waals surface area contributed by atoms with E-state index < -0.39 is 20.0 Å². The number of quaternary nitrogens is 1. The van der Waals surface area contributed by atoms with Gasteiger partial charge in [-0.1, -0.05) is 170 Å². The van der Waals surface area contributed by atoms with Gasteiger partial charge in [0.1, 0.15) is 13.2 Å². The van der Waals surface area contributed by atoms with E-state index >= 15 is 0 Å². The number of likely N-dealkylation sites (N-methyl/N-ethyl adjacent to an activating group) is 1. The van der Waals surface area contributed by atoms with Gasteiger partial charge < -0.3 is 19.8 Å². The van der Waals surface area contributed by atoms with Crippen LogP contribution in [-0.2, 0) is 18.4 Å². The van der Waals surface area contributed by atoms with Crippen molar-refractivity contribution in [3.05, 3.63) is 72.9 Å². The lowest BCUT2D eigenvalue weighted by molar-refractivity contribution is -0.870. The van der Waals surface area contributed by atoms with Crippen molar-refractivity contribution in [1.29, 1.82) is 0 Å². The smallest absolute Gasteiger partial charge is 0.387 e. The molecule has 0 spiro atoms. The summed E-state index contributed by atoms with van der Waals surface area (Å²) < 4.78 is 23.4. The number of unbranched alkanes of at least 4 members (excludes halogenated alkanes) is 16. The molecule has 9 heteroatoms. The first kappa shape index (κ1) is 53.9. The van der Waals surface area contributed by atoms with Crippen molar-refractivity contribution in [2.24, 2.45) is 0 Å². The Bertz CT molecular complexity index is 1140. The second-order valence-corrected chi connectivity index (χ2v) is 17.5. The first-order valence-electron chi connectivity index (χ1n) is 22.3. The normalized spacial score (nSPS) is 15.1. The van der Waals surface area contributed by atoms with Crippen molar-refractivity contribution < 1.29 is 32.9 Å². The predicted octanol–water partition coefficient (Wildman–Crippen LogP) is 12.4. The van der Waals surface area contributed by atoms with Crippen molar-refractivity contribution in [3.63, 3.8) is 0 Å². The van der Waals surface area contributed by atoms with E-state index in [4.69, 9.17) is 9.05 Å². The summed E-state index contributed by atoms with van der Waals surface area (Å²) >= 11 is 0. The minimum absolute atomic E-state index is 0.0529. The number of nitrogens with zero attached hydrogens (tertiary/aromatic N) is 1. The van der Waals surface area contributed by atoms with Crippen molar-refractivity contribution in [2.45, 2.75) is 180 Å². The highest BCUT2D eigenvalue weighted by Gasteiger charge is 2.27. The first-order chi connectivity index (χ1) is 27.0. The molecule has 0 fully saturated rings. The molecular formula is C47H86N2O6P+. The van der Waals surface area contributed by atoms with E-state index in [1.807, 2.05) is 27.2 Å². The molecule has 0 aromatic rings. The predicted molar refractivity (Wildman–Crippen MR) is 240 cm³/mol. The summed E-state index contributed by atoms with van der Waals surface area (Å²) in [7, 11) is 1.54. The number of rotatable bonds is 39. The molecule has 8 nitrogen and oxygen atoms in total. The molecule has 0 heterocycles. The quantitative estimate of drug-likeness (QED) is 0.0247. The number of carbonyl (C=O) groups excluding carboxylic acids is 1. The Morgan fingerprint density at radius 1 is 0.625 bits per heavy atom. The zero-order valence-electron chi connectivity index (χ0n) is 36.6. The molecule has 0 radical (unpaired) electrons. The summed E-state index contributed by atoms with van der Waals surface area (Å²) in [6.45, 7) is 4.55. The van der Waals surface area contributed by atoms with Gasteiger partial charge in [-0.05, 0) is 64.2 Å². The number of aliphatic hydroxyl groups excluding tert-OH is 1. The Kier molecular flexibility index (Phi) is 37.0. The van der Waals surface area contributed by atoms with Gasteiger partial charge >= 0.3 is 7.82 Å². The standard InChI is InChI=1S/C47H85N2O6P/c1-6-8-10-12-14-15-16-17-18-19-20-21-22-23-24-25-26-27-28-29-30-31-32-33-35-37-39-41-47(51)48-45(46(50)40-38-36-34-13-11-9-7-2)44-55-56(52,53)54-43-42-49(3,4)5/h8,10-11,13-15,17-18,20-21,38,40,45-46,50H,6-7,9,12,16,19,22-37,39,41-44H2,1-5H3,(H-,48,51,52,53)/p+1/b10-8-,13-11+,15-14-,18-17-,21-20-,40-38+. The maximum Gasteiger partial charge on any atom is 0.472 e. The van der Waals surface area contributed by atoms with Crippen LogP contribution < -0.4 is 5.32 Å². The van der Waals surface area contributed by atoms with Gasteiger partial charge in [0.2, 0.25) is 5.91 Å². The fourth-order valence-electron chi connectivity index (χ4n) is 5.88. The SMILES string of the molecule is CC/C=C\C/C=C\C/C=C\C/C=C\CCCCCCCCCCCCCCCCC(=O)NC(COP(=O)(O)OCC[N+](C)(C)C)C(O)/C=C/CC/C=C/CCC. The maximum absolute atomic E-state index is 12.8. The van der Waals surface area contributed by atoms with E-state index in [-0.39, 0.29) is 19.1 Å². The molecular weight excluding hydrogens is 719 g/mol. The molecule has 0 aliphatic carbocycles. The van der Waals surface area contributed by atoms with E-state index in [1.165, 1.54) is 77.0 Å². The minimum atomic E-state index is -4.34. The van der Waals surface area contributed by atoms with E-state index in [0.29, 0.717) is 17.4 Å². The van der Waals surface area contributed by atoms with E-state index in [1.54, 1.807) is 6.08 Å². The number of amides is 1.